The highest BCUT2D eigenvalue weighted by Crippen LogP contribution is 2.27. The molecule has 0 atom stereocenters. The summed E-state index contributed by atoms with van der Waals surface area (Å²) >= 11 is 1.87. The fourth-order valence-corrected chi connectivity index (χ4v) is 3.43. The number of piperidine rings is 1. The monoisotopic (exact) mass is 346 g/mol. The highest BCUT2D eigenvalue weighted by atomic mass is 35.5. The second-order valence-electron chi connectivity index (χ2n) is 6.45. The standard InChI is InChI=1S/C15H26N4OS.ClH/c1-14(2,3)21-12-10-17-13(20)15(5-8-16-9-6-15)19-11-4-7-18-19;/h4,7,11,16H,5-6,8-10,12H2,1-3H3,(H,17,20);1H. The Morgan fingerprint density at radius 3 is 2.64 bits per heavy atom. The van der Waals surface area contributed by atoms with E-state index in [-0.39, 0.29) is 23.1 Å². The molecule has 1 fully saturated rings. The molecule has 5 nitrogen and oxygen atoms in total. The summed E-state index contributed by atoms with van der Waals surface area (Å²) in [5, 5.41) is 10.7. The lowest BCUT2D eigenvalue weighted by Crippen LogP contribution is -2.55. The molecule has 1 saturated heterocycles. The Hall–Kier alpha value is -0.720. The molecule has 22 heavy (non-hydrogen) atoms. The van der Waals surface area contributed by atoms with Crippen LogP contribution in [-0.4, -0.2) is 45.8 Å². The smallest absolute Gasteiger partial charge is 0.248 e. The van der Waals surface area contributed by atoms with Gasteiger partial charge in [-0.05, 0) is 32.0 Å². The van der Waals surface area contributed by atoms with E-state index in [0.29, 0.717) is 6.54 Å². The van der Waals surface area contributed by atoms with Crippen LogP contribution in [0.4, 0.5) is 0 Å². The zero-order valence-electron chi connectivity index (χ0n) is 13.6. The molecule has 0 saturated carbocycles. The van der Waals surface area contributed by atoms with Crippen molar-refractivity contribution < 1.29 is 4.79 Å². The van der Waals surface area contributed by atoms with Gasteiger partial charge in [0.15, 0.2) is 0 Å². The quantitative estimate of drug-likeness (QED) is 0.801. The Labute approximate surface area is 143 Å². The van der Waals surface area contributed by atoms with E-state index in [4.69, 9.17) is 0 Å². The summed E-state index contributed by atoms with van der Waals surface area (Å²) in [6.45, 7) is 8.98. The van der Waals surface area contributed by atoms with Gasteiger partial charge in [0.05, 0.1) is 0 Å². The minimum atomic E-state index is -0.527. The number of amides is 1. The highest BCUT2D eigenvalue weighted by Gasteiger charge is 2.41. The van der Waals surface area contributed by atoms with Gasteiger partial charge in [0, 0.05) is 29.4 Å². The molecule has 7 heteroatoms. The molecule has 2 N–H and O–H groups in total. The molecule has 0 spiro atoms. The number of hydrogen-bond acceptors (Lipinski definition) is 4. The van der Waals surface area contributed by atoms with Crippen molar-refractivity contribution in [3.05, 3.63) is 18.5 Å². The van der Waals surface area contributed by atoms with Crippen LogP contribution in [0.1, 0.15) is 33.6 Å². The second-order valence-corrected chi connectivity index (χ2v) is 8.37. The van der Waals surface area contributed by atoms with Crippen LogP contribution in [0.15, 0.2) is 18.5 Å². The lowest BCUT2D eigenvalue weighted by Gasteiger charge is -2.36. The first-order valence-electron chi connectivity index (χ1n) is 7.57. The van der Waals surface area contributed by atoms with E-state index in [1.54, 1.807) is 6.20 Å². The summed E-state index contributed by atoms with van der Waals surface area (Å²) in [6, 6.07) is 1.88. The van der Waals surface area contributed by atoms with E-state index in [2.05, 4.69) is 36.5 Å². The van der Waals surface area contributed by atoms with Crippen LogP contribution in [0.2, 0.25) is 0 Å². The summed E-state index contributed by atoms with van der Waals surface area (Å²) in [7, 11) is 0. The molecular formula is C15H27ClN4OS. The summed E-state index contributed by atoms with van der Waals surface area (Å²) in [6.07, 6.45) is 5.21. The minimum Gasteiger partial charge on any atom is -0.353 e. The van der Waals surface area contributed by atoms with Crippen molar-refractivity contribution >= 4 is 30.1 Å². The number of nitrogens with zero attached hydrogens (tertiary/aromatic N) is 2. The molecular weight excluding hydrogens is 320 g/mol. The molecule has 2 heterocycles. The molecule has 0 radical (unpaired) electrons. The molecule has 1 amide bonds. The average molecular weight is 347 g/mol. The third kappa shape index (κ3) is 4.89. The van der Waals surface area contributed by atoms with Gasteiger partial charge in [-0.3, -0.25) is 9.48 Å². The van der Waals surface area contributed by atoms with Gasteiger partial charge < -0.3 is 10.6 Å². The van der Waals surface area contributed by atoms with Gasteiger partial charge in [0.25, 0.3) is 0 Å². The summed E-state index contributed by atoms with van der Waals surface area (Å²) in [5.41, 5.74) is -0.527. The molecule has 0 bridgehead atoms. The first-order valence-corrected chi connectivity index (χ1v) is 8.56. The third-order valence-corrected chi connectivity index (χ3v) is 4.99. The van der Waals surface area contributed by atoms with Crippen LogP contribution < -0.4 is 10.6 Å². The normalized spacial score (nSPS) is 17.6. The van der Waals surface area contributed by atoms with Crippen molar-refractivity contribution in [3.8, 4) is 0 Å². The van der Waals surface area contributed by atoms with Crippen LogP contribution in [0, 0.1) is 0 Å². The maximum atomic E-state index is 12.7. The van der Waals surface area contributed by atoms with Crippen molar-refractivity contribution in [3.63, 3.8) is 0 Å². The number of nitrogens with one attached hydrogen (secondary N) is 2. The maximum Gasteiger partial charge on any atom is 0.248 e. The molecule has 2 rings (SSSR count). The van der Waals surface area contributed by atoms with E-state index < -0.39 is 5.54 Å². The van der Waals surface area contributed by atoms with Crippen molar-refractivity contribution in [2.75, 3.05) is 25.4 Å². The minimum absolute atomic E-state index is 0. The number of carbonyl (C=O) groups excluding carboxylic acids is 1. The first kappa shape index (κ1) is 19.3. The number of aromatic nitrogens is 2. The SMILES string of the molecule is CC(C)(C)SCCNC(=O)C1(n2cccn2)CCNCC1.Cl. The van der Waals surface area contributed by atoms with E-state index in [0.717, 1.165) is 31.7 Å². The summed E-state index contributed by atoms with van der Waals surface area (Å²) < 4.78 is 2.07. The van der Waals surface area contributed by atoms with Gasteiger partial charge in [-0.2, -0.15) is 16.9 Å². The average Bonchev–Trinajstić information content (AvgIpc) is 2.97. The summed E-state index contributed by atoms with van der Waals surface area (Å²) in [5.74, 6) is 1.03. The van der Waals surface area contributed by atoms with E-state index >= 15 is 0 Å². The van der Waals surface area contributed by atoms with Gasteiger partial charge in [-0.15, -0.1) is 12.4 Å². The molecule has 1 aromatic rings. The van der Waals surface area contributed by atoms with Gasteiger partial charge in [0.2, 0.25) is 5.91 Å². The molecule has 126 valence electrons. The zero-order chi connectivity index (χ0) is 15.3. The second kappa shape index (κ2) is 8.22. The Balaban J connectivity index is 0.00000242. The Morgan fingerprint density at radius 2 is 2.09 bits per heavy atom. The number of halogens is 1. The molecule has 0 unspecified atom stereocenters. The van der Waals surface area contributed by atoms with Crippen LogP contribution >= 0.6 is 24.2 Å². The van der Waals surface area contributed by atoms with E-state index in [1.807, 2.05) is 28.7 Å². The van der Waals surface area contributed by atoms with Crippen LogP contribution in [0.25, 0.3) is 0 Å². The zero-order valence-corrected chi connectivity index (χ0v) is 15.2. The van der Waals surface area contributed by atoms with Crippen LogP contribution in [-0.2, 0) is 10.3 Å². The van der Waals surface area contributed by atoms with Gasteiger partial charge in [-0.25, -0.2) is 0 Å². The molecule has 1 aliphatic rings. The lowest BCUT2D eigenvalue weighted by molar-refractivity contribution is -0.131. The van der Waals surface area contributed by atoms with Crippen molar-refractivity contribution in [1.29, 1.82) is 0 Å². The van der Waals surface area contributed by atoms with E-state index in [9.17, 15) is 4.79 Å². The third-order valence-electron chi connectivity index (χ3n) is 3.72. The van der Waals surface area contributed by atoms with Gasteiger partial charge in [-0.1, -0.05) is 20.8 Å². The fraction of sp³-hybridized carbons (Fsp3) is 0.733. The number of carbonyl (C=O) groups is 1. The Kier molecular flexibility index (Phi) is 7.22. The Morgan fingerprint density at radius 1 is 1.41 bits per heavy atom. The lowest BCUT2D eigenvalue weighted by atomic mass is 9.87. The van der Waals surface area contributed by atoms with Crippen LogP contribution in [0.3, 0.4) is 0 Å². The maximum absolute atomic E-state index is 12.7. The Bertz CT molecular complexity index is 453. The fourth-order valence-electron chi connectivity index (χ4n) is 2.61. The van der Waals surface area contributed by atoms with E-state index in [1.165, 1.54) is 0 Å². The molecule has 1 aromatic heterocycles. The number of hydrogen-bond donors (Lipinski definition) is 2. The largest absolute Gasteiger partial charge is 0.353 e. The predicted molar refractivity (Wildman–Crippen MR) is 94.8 cm³/mol. The van der Waals surface area contributed by atoms with Crippen molar-refractivity contribution in [2.24, 2.45) is 0 Å². The van der Waals surface area contributed by atoms with Gasteiger partial charge in [0.1, 0.15) is 5.54 Å². The molecule has 0 aromatic carbocycles. The highest BCUT2D eigenvalue weighted by molar-refractivity contribution is 8.00. The number of rotatable bonds is 5. The van der Waals surface area contributed by atoms with Crippen molar-refractivity contribution in [1.82, 2.24) is 20.4 Å². The molecule has 1 aliphatic heterocycles. The molecule has 0 aliphatic carbocycles. The topological polar surface area (TPSA) is 59.0 Å². The van der Waals surface area contributed by atoms with Crippen molar-refractivity contribution in [2.45, 2.75) is 43.9 Å². The van der Waals surface area contributed by atoms with Crippen LogP contribution in [0.5, 0.6) is 0 Å². The predicted octanol–water partition coefficient (Wildman–Crippen LogP) is 2.03. The van der Waals surface area contributed by atoms with Gasteiger partial charge >= 0.3 is 0 Å². The number of thioether (sulfide) groups is 1. The summed E-state index contributed by atoms with van der Waals surface area (Å²) in [4.78, 5) is 12.7. The first-order chi connectivity index (χ1) is 9.94.